The van der Waals surface area contributed by atoms with Crippen LogP contribution in [0.3, 0.4) is 0 Å². The van der Waals surface area contributed by atoms with Crippen molar-refractivity contribution in [2.45, 2.75) is 32.9 Å². The molecule has 1 saturated heterocycles. The zero-order chi connectivity index (χ0) is 22.6. The molecular formula is C24H22N2O6. The van der Waals surface area contributed by atoms with Crippen LogP contribution >= 0.6 is 0 Å². The second-order valence-electron chi connectivity index (χ2n) is 8.28. The van der Waals surface area contributed by atoms with Crippen molar-refractivity contribution in [3.05, 3.63) is 69.1 Å². The van der Waals surface area contributed by atoms with E-state index in [9.17, 15) is 14.4 Å². The first-order valence-corrected chi connectivity index (χ1v) is 10.3. The Morgan fingerprint density at radius 2 is 1.75 bits per heavy atom. The fourth-order valence-electron chi connectivity index (χ4n) is 4.22. The number of imide groups is 1. The van der Waals surface area contributed by atoms with Crippen molar-refractivity contribution in [1.82, 2.24) is 10.2 Å². The van der Waals surface area contributed by atoms with Gasteiger partial charge in [-0.05, 0) is 55.2 Å². The first kappa shape index (κ1) is 20.1. The van der Waals surface area contributed by atoms with Gasteiger partial charge in [-0.25, -0.2) is 9.59 Å². The van der Waals surface area contributed by atoms with E-state index in [4.69, 9.17) is 13.9 Å². The van der Waals surface area contributed by atoms with Crippen LogP contribution in [0.4, 0.5) is 4.79 Å². The minimum absolute atomic E-state index is 0.0462. The van der Waals surface area contributed by atoms with Crippen LogP contribution in [0.1, 0.15) is 29.2 Å². The van der Waals surface area contributed by atoms with E-state index >= 15 is 0 Å². The Labute approximate surface area is 183 Å². The maximum absolute atomic E-state index is 13.4. The first-order chi connectivity index (χ1) is 15.3. The number of amides is 3. The summed E-state index contributed by atoms with van der Waals surface area (Å²) in [5, 5.41) is 3.49. The molecule has 2 aromatic carbocycles. The largest absolute Gasteiger partial charge is 0.486 e. The molecule has 0 saturated carbocycles. The highest BCUT2D eigenvalue weighted by Crippen LogP contribution is 2.37. The Balaban J connectivity index is 1.52. The van der Waals surface area contributed by atoms with Gasteiger partial charge in [-0.2, -0.15) is 0 Å². The third-order valence-corrected chi connectivity index (χ3v) is 6.24. The van der Waals surface area contributed by atoms with Crippen LogP contribution in [0, 0.1) is 13.8 Å². The highest BCUT2D eigenvalue weighted by Gasteiger charge is 2.49. The third-order valence-electron chi connectivity index (χ3n) is 6.24. The highest BCUT2D eigenvalue weighted by atomic mass is 16.6. The molecule has 164 valence electrons. The molecule has 3 aromatic rings. The van der Waals surface area contributed by atoms with Gasteiger partial charge in [0.1, 0.15) is 24.3 Å². The normalized spacial score (nSPS) is 20.0. The molecule has 1 fully saturated rings. The topological polar surface area (TPSA) is 98.1 Å². The van der Waals surface area contributed by atoms with E-state index in [2.05, 4.69) is 5.32 Å². The van der Waals surface area contributed by atoms with Crippen LogP contribution in [-0.2, 0) is 16.9 Å². The quantitative estimate of drug-likeness (QED) is 0.502. The van der Waals surface area contributed by atoms with Crippen molar-refractivity contribution in [1.29, 1.82) is 0 Å². The molecule has 0 bridgehead atoms. The number of fused-ring (bicyclic) bond motifs is 2. The molecule has 8 heteroatoms. The van der Waals surface area contributed by atoms with Crippen LogP contribution in [0.15, 0.2) is 45.6 Å². The zero-order valence-electron chi connectivity index (χ0n) is 18.0. The number of aryl methyl sites for hydroxylation is 2. The molecule has 2 aliphatic heterocycles. The molecule has 1 N–H and O–H groups in total. The van der Waals surface area contributed by atoms with Crippen LogP contribution in [0.5, 0.6) is 11.5 Å². The van der Waals surface area contributed by atoms with Crippen LogP contribution in [0.25, 0.3) is 11.0 Å². The predicted molar refractivity (Wildman–Crippen MR) is 116 cm³/mol. The summed E-state index contributed by atoms with van der Waals surface area (Å²) in [5.74, 6) is 0.725. The monoisotopic (exact) mass is 434 g/mol. The second kappa shape index (κ2) is 7.12. The summed E-state index contributed by atoms with van der Waals surface area (Å²) in [6.45, 7) is 6.29. The highest BCUT2D eigenvalue weighted by molar-refractivity contribution is 6.07. The van der Waals surface area contributed by atoms with E-state index in [0.717, 1.165) is 16.0 Å². The van der Waals surface area contributed by atoms with Gasteiger partial charge in [0, 0.05) is 11.5 Å². The fourth-order valence-corrected chi connectivity index (χ4v) is 4.22. The molecule has 0 unspecified atom stereocenters. The molecule has 0 spiro atoms. The summed E-state index contributed by atoms with van der Waals surface area (Å²) in [4.78, 5) is 39.6. The Morgan fingerprint density at radius 1 is 1.00 bits per heavy atom. The zero-order valence-corrected chi connectivity index (χ0v) is 18.0. The maximum Gasteiger partial charge on any atom is 0.336 e. The lowest BCUT2D eigenvalue weighted by Crippen LogP contribution is -2.41. The van der Waals surface area contributed by atoms with Crippen LogP contribution in [0.2, 0.25) is 0 Å². The van der Waals surface area contributed by atoms with Crippen molar-refractivity contribution in [2.24, 2.45) is 0 Å². The van der Waals surface area contributed by atoms with Gasteiger partial charge in [-0.15, -0.1) is 0 Å². The minimum atomic E-state index is -1.27. The van der Waals surface area contributed by atoms with Gasteiger partial charge in [0.05, 0.1) is 6.54 Å². The summed E-state index contributed by atoms with van der Waals surface area (Å²) >= 11 is 0. The third kappa shape index (κ3) is 3.02. The molecule has 3 heterocycles. The van der Waals surface area contributed by atoms with Crippen molar-refractivity contribution >= 4 is 22.9 Å². The number of hydrogen-bond donors (Lipinski definition) is 1. The van der Waals surface area contributed by atoms with Gasteiger partial charge in [-0.3, -0.25) is 9.69 Å². The van der Waals surface area contributed by atoms with Gasteiger partial charge < -0.3 is 19.2 Å². The molecule has 1 atom stereocenters. The first-order valence-electron chi connectivity index (χ1n) is 10.3. The van der Waals surface area contributed by atoms with E-state index in [1.54, 1.807) is 25.1 Å². The van der Waals surface area contributed by atoms with Gasteiger partial charge >= 0.3 is 11.7 Å². The SMILES string of the molecule is Cc1ccc2c(CN3C(=O)N[C@@](C)(c4ccc5c(c4)OCCO5)C3=O)cc(=O)oc2c1C. The van der Waals surface area contributed by atoms with Crippen LogP contribution < -0.4 is 20.4 Å². The number of hydrogen-bond acceptors (Lipinski definition) is 6. The van der Waals surface area contributed by atoms with Gasteiger partial charge in [0.15, 0.2) is 11.5 Å². The van der Waals surface area contributed by atoms with Gasteiger partial charge in [0.25, 0.3) is 5.91 Å². The van der Waals surface area contributed by atoms with Crippen molar-refractivity contribution in [2.75, 3.05) is 13.2 Å². The maximum atomic E-state index is 13.4. The summed E-state index contributed by atoms with van der Waals surface area (Å²) in [6, 6.07) is 9.76. The van der Waals surface area contributed by atoms with Gasteiger partial charge in [0.2, 0.25) is 0 Å². The molecule has 8 nitrogen and oxygen atoms in total. The number of carbonyl (C=O) groups excluding carboxylic acids is 2. The Hall–Kier alpha value is -3.81. The van der Waals surface area contributed by atoms with Crippen molar-refractivity contribution in [3.63, 3.8) is 0 Å². The van der Waals surface area contributed by atoms with Gasteiger partial charge in [-0.1, -0.05) is 18.2 Å². The number of rotatable bonds is 3. The molecule has 3 amide bonds. The average molecular weight is 434 g/mol. The number of benzene rings is 2. The standard InChI is InChI=1S/C24H22N2O6/c1-13-4-6-17-15(10-20(27)32-21(17)14(13)2)12-26-22(28)24(3,25-23(26)29)16-5-7-18-19(11-16)31-9-8-30-18/h4-7,10-11H,8-9,12H2,1-3H3,(H,25,29)/t24-/m0/s1. The number of urea groups is 1. The molecule has 2 aliphatic rings. The van der Waals surface area contributed by atoms with E-state index in [0.29, 0.717) is 46.8 Å². The van der Waals surface area contributed by atoms with Crippen molar-refractivity contribution in [3.8, 4) is 11.5 Å². The van der Waals surface area contributed by atoms with E-state index in [1.165, 1.54) is 6.07 Å². The Morgan fingerprint density at radius 3 is 2.53 bits per heavy atom. The second-order valence-corrected chi connectivity index (χ2v) is 8.28. The smallest absolute Gasteiger partial charge is 0.336 e. The molecular weight excluding hydrogens is 412 g/mol. The lowest BCUT2D eigenvalue weighted by atomic mass is 9.91. The number of carbonyl (C=O) groups is 2. The Kier molecular flexibility index (Phi) is 4.47. The van der Waals surface area contributed by atoms with E-state index in [1.807, 2.05) is 26.0 Å². The molecule has 32 heavy (non-hydrogen) atoms. The van der Waals surface area contributed by atoms with E-state index < -0.39 is 23.1 Å². The summed E-state index contributed by atoms with van der Waals surface area (Å²) in [7, 11) is 0. The van der Waals surface area contributed by atoms with E-state index in [-0.39, 0.29) is 6.54 Å². The average Bonchev–Trinajstić information content (AvgIpc) is 3.00. The molecule has 1 aromatic heterocycles. The number of ether oxygens (including phenoxy) is 2. The van der Waals surface area contributed by atoms with Crippen LogP contribution in [-0.4, -0.2) is 30.1 Å². The Bertz CT molecular complexity index is 1340. The minimum Gasteiger partial charge on any atom is -0.486 e. The number of nitrogens with zero attached hydrogens (tertiary/aromatic N) is 1. The number of nitrogens with one attached hydrogen (secondary N) is 1. The lowest BCUT2D eigenvalue weighted by molar-refractivity contribution is -0.131. The lowest BCUT2D eigenvalue weighted by Gasteiger charge is -2.25. The van der Waals surface area contributed by atoms with Crippen molar-refractivity contribution < 1.29 is 23.5 Å². The summed E-state index contributed by atoms with van der Waals surface area (Å²) in [5.41, 5.74) is 1.64. The summed E-state index contributed by atoms with van der Waals surface area (Å²) in [6.07, 6.45) is 0. The summed E-state index contributed by atoms with van der Waals surface area (Å²) < 4.78 is 16.6. The fraction of sp³-hybridized carbons (Fsp3) is 0.292. The molecule has 0 aliphatic carbocycles. The molecule has 5 rings (SSSR count). The molecule has 0 radical (unpaired) electrons. The predicted octanol–water partition coefficient (Wildman–Crippen LogP) is 3.15.